The van der Waals surface area contributed by atoms with Gasteiger partial charge in [0.15, 0.2) is 9.84 Å². The Bertz CT molecular complexity index is 629. The number of rotatable bonds is 5. The average molecular weight is 272 g/mol. The quantitative estimate of drug-likeness (QED) is 0.836. The van der Waals surface area contributed by atoms with E-state index in [0.29, 0.717) is 6.42 Å². The van der Waals surface area contributed by atoms with E-state index < -0.39 is 9.84 Å². The number of benzene rings is 2. The Balaban J connectivity index is 1.98. The molecule has 0 amide bonds. The molecule has 2 rings (SSSR count). The normalized spacial score (nSPS) is 11.8. The van der Waals surface area contributed by atoms with Crippen molar-refractivity contribution < 1.29 is 8.42 Å². The number of hydrogen-bond acceptors (Lipinski definition) is 2. The van der Waals surface area contributed by atoms with Gasteiger partial charge in [-0.25, -0.2) is 8.42 Å². The van der Waals surface area contributed by atoms with Gasteiger partial charge in [0.2, 0.25) is 0 Å². The lowest BCUT2D eigenvalue weighted by molar-refractivity contribution is 0.604. The van der Waals surface area contributed by atoms with Crippen molar-refractivity contribution in [3.05, 3.63) is 77.2 Å². The standard InChI is InChI=1S/C16H16O2S/c17-19(18,13-11-15-7-3-1-4-8-15)14-12-16-9-5-2-6-10-16/h1-11,13H,12,14H2/b13-11+. The van der Waals surface area contributed by atoms with Crippen LogP contribution in [0, 0.1) is 0 Å². The van der Waals surface area contributed by atoms with Crippen molar-refractivity contribution in [2.75, 3.05) is 5.75 Å². The Morgan fingerprint density at radius 3 is 2.05 bits per heavy atom. The summed E-state index contributed by atoms with van der Waals surface area (Å²) in [6, 6.07) is 19.1. The maximum absolute atomic E-state index is 11.9. The minimum Gasteiger partial charge on any atom is -0.224 e. The third-order valence-corrected chi connectivity index (χ3v) is 4.11. The van der Waals surface area contributed by atoms with Crippen LogP contribution in [0.15, 0.2) is 66.1 Å². The van der Waals surface area contributed by atoms with Gasteiger partial charge in [-0.05, 0) is 23.6 Å². The van der Waals surface area contributed by atoms with Crippen LogP contribution in [0.4, 0.5) is 0 Å². The zero-order chi connectivity index (χ0) is 13.6. The molecule has 0 saturated heterocycles. The molecule has 3 heteroatoms. The summed E-state index contributed by atoms with van der Waals surface area (Å²) in [7, 11) is -3.16. The first-order valence-electron chi connectivity index (χ1n) is 6.15. The fraction of sp³-hybridized carbons (Fsp3) is 0.125. The van der Waals surface area contributed by atoms with Gasteiger partial charge in [-0.2, -0.15) is 0 Å². The average Bonchev–Trinajstić information content (AvgIpc) is 2.46. The van der Waals surface area contributed by atoms with Gasteiger partial charge in [-0.15, -0.1) is 0 Å². The molecule has 19 heavy (non-hydrogen) atoms. The molecular weight excluding hydrogens is 256 g/mol. The molecule has 2 nitrogen and oxygen atoms in total. The summed E-state index contributed by atoms with van der Waals surface area (Å²) in [4.78, 5) is 0. The summed E-state index contributed by atoms with van der Waals surface area (Å²) in [5.41, 5.74) is 1.94. The molecule has 2 aromatic rings. The third kappa shape index (κ3) is 4.72. The summed E-state index contributed by atoms with van der Waals surface area (Å²) in [6.07, 6.45) is 2.18. The second kappa shape index (κ2) is 6.34. The zero-order valence-electron chi connectivity index (χ0n) is 10.6. The topological polar surface area (TPSA) is 34.1 Å². The molecule has 0 unspecified atom stereocenters. The molecule has 0 heterocycles. The molecule has 0 N–H and O–H groups in total. The van der Waals surface area contributed by atoms with Crippen molar-refractivity contribution in [1.29, 1.82) is 0 Å². The van der Waals surface area contributed by atoms with Crippen LogP contribution in [-0.2, 0) is 16.3 Å². The van der Waals surface area contributed by atoms with Gasteiger partial charge in [-0.1, -0.05) is 60.7 Å². The lowest BCUT2D eigenvalue weighted by atomic mass is 10.2. The molecule has 0 bridgehead atoms. The van der Waals surface area contributed by atoms with Crippen LogP contribution in [0.3, 0.4) is 0 Å². The molecule has 0 radical (unpaired) electrons. The number of sulfone groups is 1. The van der Waals surface area contributed by atoms with E-state index in [1.54, 1.807) is 6.08 Å². The van der Waals surface area contributed by atoms with Gasteiger partial charge >= 0.3 is 0 Å². The third-order valence-electron chi connectivity index (χ3n) is 2.79. The molecule has 98 valence electrons. The van der Waals surface area contributed by atoms with Crippen LogP contribution in [-0.4, -0.2) is 14.2 Å². The zero-order valence-corrected chi connectivity index (χ0v) is 11.4. The molecule has 0 aliphatic carbocycles. The highest BCUT2D eigenvalue weighted by atomic mass is 32.2. The Hall–Kier alpha value is -1.87. The first kappa shape index (κ1) is 13.6. The van der Waals surface area contributed by atoms with Gasteiger partial charge in [0, 0.05) is 5.41 Å². The molecule has 0 atom stereocenters. The fourth-order valence-corrected chi connectivity index (χ4v) is 2.74. The predicted molar refractivity (Wildman–Crippen MR) is 79.4 cm³/mol. The van der Waals surface area contributed by atoms with Crippen molar-refractivity contribution >= 4 is 15.9 Å². The lowest BCUT2D eigenvalue weighted by Crippen LogP contribution is -2.05. The lowest BCUT2D eigenvalue weighted by Gasteiger charge is -2.00. The highest BCUT2D eigenvalue weighted by Gasteiger charge is 2.06. The van der Waals surface area contributed by atoms with Gasteiger partial charge in [0.1, 0.15) is 0 Å². The van der Waals surface area contributed by atoms with Gasteiger partial charge < -0.3 is 0 Å². The van der Waals surface area contributed by atoms with E-state index >= 15 is 0 Å². The first-order chi connectivity index (χ1) is 9.16. The molecule has 0 saturated carbocycles. The van der Waals surface area contributed by atoms with Crippen LogP contribution in [0.5, 0.6) is 0 Å². The van der Waals surface area contributed by atoms with E-state index in [1.807, 2.05) is 60.7 Å². The molecule has 2 aromatic carbocycles. The Morgan fingerprint density at radius 2 is 1.42 bits per heavy atom. The summed E-state index contributed by atoms with van der Waals surface area (Å²) >= 11 is 0. The van der Waals surface area contributed by atoms with Crippen molar-refractivity contribution in [3.8, 4) is 0 Å². The maximum Gasteiger partial charge on any atom is 0.171 e. The van der Waals surface area contributed by atoms with Crippen LogP contribution in [0.1, 0.15) is 11.1 Å². The van der Waals surface area contributed by atoms with Crippen molar-refractivity contribution in [2.24, 2.45) is 0 Å². The minimum atomic E-state index is -3.16. The summed E-state index contributed by atoms with van der Waals surface area (Å²) < 4.78 is 23.8. The van der Waals surface area contributed by atoms with E-state index in [2.05, 4.69) is 0 Å². The summed E-state index contributed by atoms with van der Waals surface area (Å²) in [6.45, 7) is 0. The SMILES string of the molecule is O=S(=O)(/C=C/c1ccccc1)CCc1ccccc1. The Kier molecular flexibility index (Phi) is 4.53. The molecule has 0 fully saturated rings. The van der Waals surface area contributed by atoms with E-state index in [1.165, 1.54) is 5.41 Å². The van der Waals surface area contributed by atoms with Crippen molar-refractivity contribution in [1.82, 2.24) is 0 Å². The van der Waals surface area contributed by atoms with Crippen LogP contribution in [0.2, 0.25) is 0 Å². The molecule has 0 spiro atoms. The smallest absolute Gasteiger partial charge is 0.171 e. The second-order valence-electron chi connectivity index (χ2n) is 4.32. The van der Waals surface area contributed by atoms with Crippen molar-refractivity contribution in [3.63, 3.8) is 0 Å². The van der Waals surface area contributed by atoms with Crippen LogP contribution in [0.25, 0.3) is 6.08 Å². The molecule has 0 aromatic heterocycles. The second-order valence-corrected chi connectivity index (χ2v) is 6.32. The van der Waals surface area contributed by atoms with E-state index in [4.69, 9.17) is 0 Å². The van der Waals surface area contributed by atoms with Crippen LogP contribution >= 0.6 is 0 Å². The van der Waals surface area contributed by atoms with E-state index in [9.17, 15) is 8.42 Å². The predicted octanol–water partition coefficient (Wildman–Crippen LogP) is 3.31. The van der Waals surface area contributed by atoms with E-state index in [-0.39, 0.29) is 5.75 Å². The molecule has 0 aliphatic heterocycles. The number of hydrogen-bond donors (Lipinski definition) is 0. The Morgan fingerprint density at radius 1 is 0.842 bits per heavy atom. The van der Waals surface area contributed by atoms with E-state index in [0.717, 1.165) is 11.1 Å². The van der Waals surface area contributed by atoms with Gasteiger partial charge in [-0.3, -0.25) is 0 Å². The van der Waals surface area contributed by atoms with Crippen LogP contribution < -0.4 is 0 Å². The highest BCUT2D eigenvalue weighted by Crippen LogP contribution is 2.07. The Labute approximate surface area is 114 Å². The fourth-order valence-electron chi connectivity index (χ4n) is 1.72. The minimum absolute atomic E-state index is 0.139. The highest BCUT2D eigenvalue weighted by molar-refractivity contribution is 7.94. The largest absolute Gasteiger partial charge is 0.224 e. The molecule has 0 aliphatic rings. The van der Waals surface area contributed by atoms with Gasteiger partial charge in [0.25, 0.3) is 0 Å². The monoisotopic (exact) mass is 272 g/mol. The maximum atomic E-state index is 11.9. The number of aryl methyl sites for hydroxylation is 1. The molecular formula is C16H16O2S. The van der Waals surface area contributed by atoms with Crippen molar-refractivity contribution in [2.45, 2.75) is 6.42 Å². The first-order valence-corrected chi connectivity index (χ1v) is 7.87. The summed E-state index contributed by atoms with van der Waals surface area (Å²) in [5, 5.41) is 1.30. The summed E-state index contributed by atoms with van der Waals surface area (Å²) in [5.74, 6) is 0.139. The van der Waals surface area contributed by atoms with Gasteiger partial charge in [0.05, 0.1) is 5.75 Å².